The molecule has 0 fully saturated rings. The normalized spacial score (nSPS) is 11.3. The van der Waals surface area contributed by atoms with E-state index in [4.69, 9.17) is 16.1 Å². The van der Waals surface area contributed by atoms with Crippen molar-refractivity contribution in [1.82, 2.24) is 34.7 Å². The summed E-state index contributed by atoms with van der Waals surface area (Å²) in [5.41, 5.74) is 1.50. The van der Waals surface area contributed by atoms with E-state index in [1.54, 1.807) is 18.2 Å². The minimum absolute atomic E-state index is 0.00728. The molecule has 0 saturated carbocycles. The van der Waals surface area contributed by atoms with Crippen molar-refractivity contribution in [2.75, 3.05) is 0 Å². The van der Waals surface area contributed by atoms with Crippen LogP contribution in [0.3, 0.4) is 0 Å². The van der Waals surface area contributed by atoms with E-state index in [-0.39, 0.29) is 23.8 Å². The molecule has 3 heterocycles. The maximum atomic E-state index is 13.1. The molecule has 9 nitrogen and oxygen atoms in total. The molecule has 0 N–H and O–H groups in total. The van der Waals surface area contributed by atoms with Gasteiger partial charge in [0.05, 0.1) is 6.54 Å². The van der Waals surface area contributed by atoms with Gasteiger partial charge in [-0.05, 0) is 35.9 Å². The smallest absolute Gasteiger partial charge is 0.283 e. The Morgan fingerprint density at radius 2 is 1.87 bits per heavy atom. The summed E-state index contributed by atoms with van der Waals surface area (Å²) >= 11 is 6.20. The Balaban J connectivity index is 1.42. The van der Waals surface area contributed by atoms with Gasteiger partial charge in [0.15, 0.2) is 11.2 Å². The highest BCUT2D eigenvalue weighted by atomic mass is 35.5. The fraction of sp³-hybridized carbons (Fsp3) is 0.100. The lowest BCUT2D eigenvalue weighted by Crippen LogP contribution is -2.21. The first-order valence-corrected chi connectivity index (χ1v) is 9.57. The number of benzene rings is 2. The van der Waals surface area contributed by atoms with Gasteiger partial charge in [-0.2, -0.15) is 4.98 Å². The van der Waals surface area contributed by atoms with Crippen LogP contribution in [0.2, 0.25) is 5.02 Å². The highest BCUT2D eigenvalue weighted by Crippen LogP contribution is 2.18. The van der Waals surface area contributed by atoms with Gasteiger partial charge >= 0.3 is 0 Å². The van der Waals surface area contributed by atoms with Gasteiger partial charge in [0.25, 0.3) is 5.56 Å². The molecule has 5 rings (SSSR count). The van der Waals surface area contributed by atoms with Gasteiger partial charge in [-0.15, -0.1) is 5.10 Å². The first kappa shape index (κ1) is 19.1. The molecule has 31 heavy (non-hydrogen) atoms. The first-order chi connectivity index (χ1) is 15.1. The van der Waals surface area contributed by atoms with Crippen LogP contribution in [0, 0.1) is 5.82 Å². The van der Waals surface area contributed by atoms with Crippen molar-refractivity contribution in [3.05, 3.63) is 87.5 Å². The topological polar surface area (TPSA) is 105 Å². The molecule has 0 saturated heterocycles. The summed E-state index contributed by atoms with van der Waals surface area (Å²) in [4.78, 5) is 21.4. The van der Waals surface area contributed by atoms with Crippen LogP contribution in [-0.4, -0.2) is 34.7 Å². The summed E-state index contributed by atoms with van der Waals surface area (Å²) in [6.45, 7) is 0.338. The van der Waals surface area contributed by atoms with Crippen molar-refractivity contribution in [3.63, 3.8) is 0 Å². The maximum Gasteiger partial charge on any atom is 0.283 e. The molecular formula is C20H13ClFN7O2. The van der Waals surface area contributed by atoms with Crippen LogP contribution < -0.4 is 5.56 Å². The summed E-state index contributed by atoms with van der Waals surface area (Å²) in [5.74, 6) is 0.134. The van der Waals surface area contributed by atoms with E-state index in [9.17, 15) is 9.18 Å². The zero-order chi connectivity index (χ0) is 21.4. The molecule has 0 aliphatic rings. The molecule has 0 bridgehead atoms. The van der Waals surface area contributed by atoms with Crippen LogP contribution in [0.5, 0.6) is 0 Å². The van der Waals surface area contributed by atoms with Crippen LogP contribution in [0.15, 0.2) is 64.2 Å². The number of hydrogen-bond donors (Lipinski definition) is 0. The molecule has 2 aromatic carbocycles. The Morgan fingerprint density at radius 3 is 2.68 bits per heavy atom. The summed E-state index contributed by atoms with van der Waals surface area (Å²) in [5, 5.41) is 12.5. The van der Waals surface area contributed by atoms with Crippen molar-refractivity contribution >= 4 is 22.8 Å². The highest BCUT2D eigenvalue weighted by molar-refractivity contribution is 6.31. The summed E-state index contributed by atoms with van der Waals surface area (Å²) < 4.78 is 21.1. The van der Waals surface area contributed by atoms with E-state index in [0.29, 0.717) is 28.6 Å². The van der Waals surface area contributed by atoms with Crippen LogP contribution in [-0.2, 0) is 13.1 Å². The van der Waals surface area contributed by atoms with Gasteiger partial charge in [0.2, 0.25) is 11.7 Å². The highest BCUT2D eigenvalue weighted by Gasteiger charge is 2.15. The van der Waals surface area contributed by atoms with Crippen molar-refractivity contribution in [2.45, 2.75) is 13.1 Å². The van der Waals surface area contributed by atoms with Gasteiger partial charge < -0.3 is 4.52 Å². The lowest BCUT2D eigenvalue weighted by molar-refractivity contribution is 0.369. The molecule has 0 amide bonds. The molecule has 0 spiro atoms. The van der Waals surface area contributed by atoms with E-state index < -0.39 is 5.56 Å². The molecule has 0 aliphatic heterocycles. The molecule has 0 atom stereocenters. The quantitative estimate of drug-likeness (QED) is 0.416. The van der Waals surface area contributed by atoms with Gasteiger partial charge in [0.1, 0.15) is 18.7 Å². The van der Waals surface area contributed by atoms with E-state index in [2.05, 4.69) is 25.4 Å². The molecule has 154 valence electrons. The summed E-state index contributed by atoms with van der Waals surface area (Å²) in [7, 11) is 0. The van der Waals surface area contributed by atoms with Gasteiger partial charge in [-0.1, -0.05) is 40.2 Å². The second kappa shape index (κ2) is 7.73. The Labute approximate surface area is 178 Å². The van der Waals surface area contributed by atoms with Crippen LogP contribution in [0.25, 0.3) is 22.6 Å². The van der Waals surface area contributed by atoms with Gasteiger partial charge in [0, 0.05) is 10.6 Å². The van der Waals surface area contributed by atoms with Crippen molar-refractivity contribution in [1.29, 1.82) is 0 Å². The van der Waals surface area contributed by atoms with Crippen molar-refractivity contribution in [3.8, 4) is 11.4 Å². The second-order valence-electron chi connectivity index (χ2n) is 6.71. The Hall–Kier alpha value is -3.92. The maximum absolute atomic E-state index is 13.1. The number of aromatic nitrogens is 7. The molecule has 0 unspecified atom stereocenters. The zero-order valence-corrected chi connectivity index (χ0v) is 16.6. The van der Waals surface area contributed by atoms with E-state index in [1.165, 1.54) is 27.7 Å². The minimum Gasteiger partial charge on any atom is -0.337 e. The molecular weight excluding hydrogens is 425 g/mol. The largest absolute Gasteiger partial charge is 0.337 e. The van der Waals surface area contributed by atoms with Crippen molar-refractivity contribution in [2.24, 2.45) is 0 Å². The Kier molecular flexibility index (Phi) is 4.75. The Morgan fingerprint density at radius 1 is 1.06 bits per heavy atom. The Bertz CT molecular complexity index is 1440. The SMILES string of the molecule is O=c1c2nnn(Cc3ccccc3Cl)c2ncn1Cc1nc(-c2ccc(F)cc2)no1. The molecule has 3 aromatic heterocycles. The summed E-state index contributed by atoms with van der Waals surface area (Å²) in [6, 6.07) is 13.0. The first-order valence-electron chi connectivity index (χ1n) is 9.19. The third kappa shape index (κ3) is 3.68. The van der Waals surface area contributed by atoms with E-state index in [0.717, 1.165) is 5.56 Å². The van der Waals surface area contributed by atoms with Crippen LogP contribution >= 0.6 is 11.6 Å². The number of rotatable bonds is 5. The fourth-order valence-corrected chi connectivity index (χ4v) is 3.27. The predicted molar refractivity (Wildman–Crippen MR) is 109 cm³/mol. The zero-order valence-electron chi connectivity index (χ0n) is 15.8. The van der Waals surface area contributed by atoms with Crippen LogP contribution in [0.4, 0.5) is 4.39 Å². The predicted octanol–water partition coefficient (Wildman–Crippen LogP) is 2.93. The number of fused-ring (bicyclic) bond motifs is 1. The second-order valence-corrected chi connectivity index (χ2v) is 7.11. The number of nitrogens with zero attached hydrogens (tertiary/aromatic N) is 7. The van der Waals surface area contributed by atoms with Crippen molar-refractivity contribution < 1.29 is 8.91 Å². The standard InChI is InChI=1S/C20H13ClFN7O2/c21-15-4-2-1-3-13(15)9-29-19-17(25-27-29)20(30)28(11-23-19)10-16-24-18(26-31-16)12-5-7-14(22)8-6-12/h1-8,11H,9-10H2. The van der Waals surface area contributed by atoms with E-state index in [1.807, 2.05) is 18.2 Å². The van der Waals surface area contributed by atoms with Gasteiger partial charge in [-0.25, -0.2) is 14.1 Å². The molecule has 5 aromatic rings. The van der Waals surface area contributed by atoms with Gasteiger partial charge in [-0.3, -0.25) is 9.36 Å². The summed E-state index contributed by atoms with van der Waals surface area (Å²) in [6.07, 6.45) is 1.37. The molecule has 0 aliphatic carbocycles. The third-order valence-electron chi connectivity index (χ3n) is 4.65. The molecule has 11 heteroatoms. The average Bonchev–Trinajstić information content (AvgIpc) is 3.40. The average molecular weight is 438 g/mol. The molecule has 0 radical (unpaired) electrons. The van der Waals surface area contributed by atoms with Crippen LogP contribution in [0.1, 0.15) is 11.5 Å². The number of halogens is 2. The fourth-order valence-electron chi connectivity index (χ4n) is 3.08. The lowest BCUT2D eigenvalue weighted by Gasteiger charge is -2.05. The third-order valence-corrected chi connectivity index (χ3v) is 5.01. The van der Waals surface area contributed by atoms with E-state index >= 15 is 0 Å². The minimum atomic E-state index is -0.392. The lowest BCUT2D eigenvalue weighted by atomic mass is 10.2. The number of hydrogen-bond acceptors (Lipinski definition) is 7. The monoisotopic (exact) mass is 437 g/mol.